The fraction of sp³-hybridized carbons (Fsp3) is 0.900. The molecule has 0 saturated heterocycles. The molecule has 0 spiro atoms. The lowest BCUT2D eigenvalue weighted by Crippen LogP contribution is -2.37. The lowest BCUT2D eigenvalue weighted by atomic mass is 10.3. The van der Waals surface area contributed by atoms with Crippen LogP contribution in [0.3, 0.4) is 0 Å². The smallest absolute Gasteiger partial charge is 0.0791 e. The average Bonchev–Trinajstić information content (AvgIpc) is 2.15. The van der Waals surface area contributed by atoms with Gasteiger partial charge in [-0.05, 0) is 20.0 Å². The molecule has 0 radical (unpaired) electrons. The number of aliphatic hydroxyl groups is 1. The molecule has 0 saturated carbocycles. The van der Waals surface area contributed by atoms with Gasteiger partial charge in [-0.2, -0.15) is 5.26 Å². The van der Waals surface area contributed by atoms with E-state index in [9.17, 15) is 5.11 Å². The van der Waals surface area contributed by atoms with Gasteiger partial charge in [0.1, 0.15) is 0 Å². The molecule has 82 valence electrons. The Morgan fingerprint density at radius 1 is 1.57 bits per heavy atom. The van der Waals surface area contributed by atoms with Gasteiger partial charge in [0.15, 0.2) is 0 Å². The zero-order valence-electron chi connectivity index (χ0n) is 9.16. The minimum Gasteiger partial charge on any atom is -0.390 e. The number of hydrogen-bond donors (Lipinski definition) is 2. The van der Waals surface area contributed by atoms with Crippen molar-refractivity contribution in [3.63, 3.8) is 0 Å². The van der Waals surface area contributed by atoms with Crippen molar-refractivity contribution in [1.82, 2.24) is 10.2 Å². The molecule has 1 atom stereocenters. The predicted molar refractivity (Wildman–Crippen MR) is 56.9 cm³/mol. The van der Waals surface area contributed by atoms with E-state index in [1.807, 2.05) is 11.9 Å². The van der Waals surface area contributed by atoms with Gasteiger partial charge in [-0.3, -0.25) is 0 Å². The van der Waals surface area contributed by atoms with Crippen molar-refractivity contribution in [2.75, 3.05) is 33.2 Å². The Balaban J connectivity index is 3.40. The first-order valence-electron chi connectivity index (χ1n) is 5.15. The molecule has 0 heterocycles. The maximum absolute atomic E-state index is 9.56. The first-order chi connectivity index (χ1) is 6.70. The van der Waals surface area contributed by atoms with Crippen LogP contribution < -0.4 is 5.32 Å². The molecule has 0 aliphatic carbocycles. The topological polar surface area (TPSA) is 59.3 Å². The molecule has 0 amide bonds. The SMILES string of the molecule is CCCNCC(O)CN(C)CCC#N. The van der Waals surface area contributed by atoms with E-state index >= 15 is 0 Å². The Morgan fingerprint density at radius 2 is 2.29 bits per heavy atom. The molecule has 0 aromatic carbocycles. The van der Waals surface area contributed by atoms with Crippen molar-refractivity contribution in [3.05, 3.63) is 0 Å². The summed E-state index contributed by atoms with van der Waals surface area (Å²) in [6, 6.07) is 2.09. The molecule has 0 aliphatic heterocycles. The number of likely N-dealkylation sites (N-methyl/N-ethyl adjacent to an activating group) is 1. The summed E-state index contributed by atoms with van der Waals surface area (Å²) in [4.78, 5) is 1.97. The Kier molecular flexibility index (Phi) is 8.54. The van der Waals surface area contributed by atoms with Gasteiger partial charge in [-0.1, -0.05) is 6.92 Å². The van der Waals surface area contributed by atoms with Crippen LogP contribution in [0.4, 0.5) is 0 Å². The number of hydrogen-bond acceptors (Lipinski definition) is 4. The first-order valence-corrected chi connectivity index (χ1v) is 5.15. The van der Waals surface area contributed by atoms with E-state index in [2.05, 4.69) is 18.3 Å². The molecule has 4 heteroatoms. The van der Waals surface area contributed by atoms with Crippen LogP contribution in [0.2, 0.25) is 0 Å². The molecule has 2 N–H and O–H groups in total. The van der Waals surface area contributed by atoms with Crippen molar-refractivity contribution in [1.29, 1.82) is 5.26 Å². The summed E-state index contributed by atoms with van der Waals surface area (Å²) in [5.74, 6) is 0. The van der Waals surface area contributed by atoms with Crippen LogP contribution in [0, 0.1) is 11.3 Å². The van der Waals surface area contributed by atoms with Crippen molar-refractivity contribution < 1.29 is 5.11 Å². The van der Waals surface area contributed by atoms with Gasteiger partial charge < -0.3 is 15.3 Å². The van der Waals surface area contributed by atoms with Crippen LogP contribution in [-0.4, -0.2) is 49.3 Å². The molecule has 1 unspecified atom stereocenters. The molecule has 14 heavy (non-hydrogen) atoms. The van der Waals surface area contributed by atoms with Crippen LogP contribution in [-0.2, 0) is 0 Å². The van der Waals surface area contributed by atoms with E-state index < -0.39 is 0 Å². The van der Waals surface area contributed by atoms with Crippen molar-refractivity contribution in [2.24, 2.45) is 0 Å². The van der Waals surface area contributed by atoms with Gasteiger partial charge >= 0.3 is 0 Å². The monoisotopic (exact) mass is 199 g/mol. The van der Waals surface area contributed by atoms with Gasteiger partial charge in [0.2, 0.25) is 0 Å². The summed E-state index contributed by atoms with van der Waals surface area (Å²) in [6.07, 6.45) is 1.26. The van der Waals surface area contributed by atoms with E-state index in [1.54, 1.807) is 0 Å². The van der Waals surface area contributed by atoms with Crippen LogP contribution in [0.5, 0.6) is 0 Å². The molecule has 0 rings (SSSR count). The molecule has 0 fully saturated rings. The molecule has 0 bridgehead atoms. The highest BCUT2D eigenvalue weighted by Crippen LogP contribution is 1.90. The molecular formula is C10H21N3O. The summed E-state index contributed by atoms with van der Waals surface area (Å²) in [5, 5.41) is 21.1. The zero-order valence-corrected chi connectivity index (χ0v) is 9.16. The minimum atomic E-state index is -0.342. The third-order valence-electron chi connectivity index (χ3n) is 1.93. The van der Waals surface area contributed by atoms with Gasteiger partial charge in [0.25, 0.3) is 0 Å². The second kappa shape index (κ2) is 8.95. The summed E-state index contributed by atoms with van der Waals surface area (Å²) in [6.45, 7) is 5.02. The lowest BCUT2D eigenvalue weighted by Gasteiger charge is -2.19. The maximum Gasteiger partial charge on any atom is 0.0791 e. The van der Waals surface area contributed by atoms with Crippen molar-refractivity contribution in [3.8, 4) is 6.07 Å². The Labute approximate surface area is 86.5 Å². The molecular weight excluding hydrogens is 178 g/mol. The molecule has 0 aliphatic rings. The quantitative estimate of drug-likeness (QED) is 0.548. The summed E-state index contributed by atoms with van der Waals surface area (Å²) in [5.41, 5.74) is 0. The van der Waals surface area contributed by atoms with E-state index in [1.165, 1.54) is 0 Å². The highest BCUT2D eigenvalue weighted by molar-refractivity contribution is 4.72. The average molecular weight is 199 g/mol. The third kappa shape index (κ3) is 7.99. The van der Waals surface area contributed by atoms with E-state index in [0.717, 1.165) is 19.5 Å². The van der Waals surface area contributed by atoms with Gasteiger partial charge in [-0.25, -0.2) is 0 Å². The van der Waals surface area contributed by atoms with Crippen LogP contribution >= 0.6 is 0 Å². The minimum absolute atomic E-state index is 0.342. The highest BCUT2D eigenvalue weighted by Gasteiger charge is 2.06. The zero-order chi connectivity index (χ0) is 10.8. The van der Waals surface area contributed by atoms with Crippen LogP contribution in [0.1, 0.15) is 19.8 Å². The summed E-state index contributed by atoms with van der Waals surface area (Å²) in [7, 11) is 1.92. The van der Waals surface area contributed by atoms with Gasteiger partial charge in [0, 0.05) is 26.1 Å². The Hall–Kier alpha value is -0.630. The Morgan fingerprint density at radius 3 is 2.86 bits per heavy atom. The van der Waals surface area contributed by atoms with E-state index in [0.29, 0.717) is 19.5 Å². The number of nitrogens with one attached hydrogen (secondary N) is 1. The van der Waals surface area contributed by atoms with Crippen LogP contribution in [0.15, 0.2) is 0 Å². The predicted octanol–water partition coefficient (Wildman–Crippen LogP) is 0.192. The number of nitriles is 1. The van der Waals surface area contributed by atoms with Gasteiger partial charge in [-0.15, -0.1) is 0 Å². The second-order valence-corrected chi connectivity index (χ2v) is 3.53. The van der Waals surface area contributed by atoms with Gasteiger partial charge in [0.05, 0.1) is 12.2 Å². The third-order valence-corrected chi connectivity index (χ3v) is 1.93. The fourth-order valence-electron chi connectivity index (χ4n) is 1.20. The molecule has 0 aromatic heterocycles. The fourth-order valence-corrected chi connectivity index (χ4v) is 1.20. The van der Waals surface area contributed by atoms with Crippen molar-refractivity contribution >= 4 is 0 Å². The normalized spacial score (nSPS) is 12.8. The standard InChI is InChI=1S/C10H21N3O/c1-3-6-12-8-10(14)9-13(2)7-4-5-11/h10,12,14H,3-4,6-9H2,1-2H3. The second-order valence-electron chi connectivity index (χ2n) is 3.53. The lowest BCUT2D eigenvalue weighted by molar-refractivity contribution is 0.125. The summed E-state index contributed by atoms with van der Waals surface area (Å²) < 4.78 is 0. The van der Waals surface area contributed by atoms with Crippen molar-refractivity contribution in [2.45, 2.75) is 25.9 Å². The number of aliphatic hydroxyl groups excluding tert-OH is 1. The van der Waals surface area contributed by atoms with Crippen LogP contribution in [0.25, 0.3) is 0 Å². The largest absolute Gasteiger partial charge is 0.390 e. The Bertz CT molecular complexity index is 167. The number of nitrogens with zero attached hydrogens (tertiary/aromatic N) is 2. The maximum atomic E-state index is 9.56. The highest BCUT2D eigenvalue weighted by atomic mass is 16.3. The summed E-state index contributed by atoms with van der Waals surface area (Å²) >= 11 is 0. The molecule has 0 aromatic rings. The first kappa shape index (κ1) is 13.4. The number of rotatable bonds is 8. The molecule has 4 nitrogen and oxygen atoms in total. The van der Waals surface area contributed by atoms with E-state index in [4.69, 9.17) is 5.26 Å². The van der Waals surface area contributed by atoms with E-state index in [-0.39, 0.29) is 6.10 Å².